The fraction of sp³-hybridized carbons (Fsp3) is 0.714. The minimum atomic E-state index is -0.618. The largest absolute Gasteiger partial charge is 0.353 e. The van der Waals surface area contributed by atoms with E-state index in [1.807, 2.05) is 13.8 Å². The molecule has 0 fully saturated rings. The molecule has 0 radical (unpaired) electrons. The van der Waals surface area contributed by atoms with Crippen molar-refractivity contribution in [2.45, 2.75) is 51.9 Å². The van der Waals surface area contributed by atoms with E-state index >= 15 is 0 Å². The molecule has 1 rings (SSSR count). The minimum Gasteiger partial charge on any atom is -0.353 e. The third-order valence-corrected chi connectivity index (χ3v) is 2.98. The van der Waals surface area contributed by atoms with Crippen molar-refractivity contribution in [1.29, 1.82) is 0 Å². The number of carbonyl (C=O) groups is 2. The van der Waals surface area contributed by atoms with Crippen molar-refractivity contribution in [3.8, 4) is 0 Å². The standard InChI is InChI=1S/C14H23NO5/c1-5-9-14(2,3)20-19-13(18-4)8-10-15-11(16)6-7-12(15)17/h6-7,13H,5,8-10H2,1-4H3. The van der Waals surface area contributed by atoms with Crippen LogP contribution in [-0.4, -0.2) is 42.3 Å². The van der Waals surface area contributed by atoms with Crippen LogP contribution in [0.25, 0.3) is 0 Å². The van der Waals surface area contributed by atoms with Crippen molar-refractivity contribution >= 4 is 11.8 Å². The van der Waals surface area contributed by atoms with E-state index in [1.54, 1.807) is 0 Å². The summed E-state index contributed by atoms with van der Waals surface area (Å²) in [4.78, 5) is 34.5. The molecule has 1 aliphatic heterocycles. The van der Waals surface area contributed by atoms with E-state index in [4.69, 9.17) is 14.5 Å². The first kappa shape index (κ1) is 16.8. The Balaban J connectivity index is 2.36. The third kappa shape index (κ3) is 5.03. The third-order valence-electron chi connectivity index (χ3n) is 2.98. The molecular formula is C14H23NO5. The number of hydrogen-bond acceptors (Lipinski definition) is 5. The molecule has 114 valence electrons. The molecule has 1 aliphatic rings. The van der Waals surface area contributed by atoms with Gasteiger partial charge in [-0.3, -0.25) is 14.5 Å². The Morgan fingerprint density at radius 1 is 1.25 bits per heavy atom. The molecular weight excluding hydrogens is 262 g/mol. The number of hydrogen-bond donors (Lipinski definition) is 0. The number of amides is 2. The number of ether oxygens (including phenoxy) is 1. The summed E-state index contributed by atoms with van der Waals surface area (Å²) in [5.41, 5.74) is -0.396. The minimum absolute atomic E-state index is 0.237. The molecule has 0 N–H and O–H groups in total. The Morgan fingerprint density at radius 2 is 1.85 bits per heavy atom. The molecule has 0 aromatic heterocycles. The van der Waals surface area contributed by atoms with E-state index in [-0.39, 0.29) is 18.4 Å². The molecule has 0 saturated heterocycles. The average Bonchev–Trinajstić information content (AvgIpc) is 2.70. The number of carbonyl (C=O) groups excluding carboxylic acids is 2. The van der Waals surface area contributed by atoms with Crippen LogP contribution in [0, 0.1) is 0 Å². The van der Waals surface area contributed by atoms with Crippen LogP contribution in [0.15, 0.2) is 12.2 Å². The highest BCUT2D eigenvalue weighted by atomic mass is 17.2. The maximum Gasteiger partial charge on any atom is 0.253 e. The Kier molecular flexibility index (Phi) is 6.32. The van der Waals surface area contributed by atoms with E-state index in [1.165, 1.54) is 19.3 Å². The van der Waals surface area contributed by atoms with Crippen molar-refractivity contribution in [2.75, 3.05) is 13.7 Å². The van der Waals surface area contributed by atoms with Crippen LogP contribution in [0.3, 0.4) is 0 Å². The summed E-state index contributed by atoms with van der Waals surface area (Å²) in [7, 11) is 1.49. The Bertz CT molecular complexity index is 360. The summed E-state index contributed by atoms with van der Waals surface area (Å²) in [6.45, 7) is 6.17. The van der Waals surface area contributed by atoms with Crippen molar-refractivity contribution in [3.05, 3.63) is 12.2 Å². The topological polar surface area (TPSA) is 65.1 Å². The molecule has 20 heavy (non-hydrogen) atoms. The molecule has 0 aromatic carbocycles. The predicted octanol–water partition coefficient (Wildman–Crippen LogP) is 1.80. The molecule has 1 unspecified atom stereocenters. The smallest absolute Gasteiger partial charge is 0.253 e. The summed E-state index contributed by atoms with van der Waals surface area (Å²) >= 11 is 0. The summed E-state index contributed by atoms with van der Waals surface area (Å²) in [6, 6.07) is 0. The van der Waals surface area contributed by atoms with Crippen LogP contribution in [0.2, 0.25) is 0 Å². The van der Waals surface area contributed by atoms with Gasteiger partial charge in [-0.15, -0.1) is 0 Å². The molecule has 2 amide bonds. The second-order valence-electron chi connectivity index (χ2n) is 5.30. The van der Waals surface area contributed by atoms with Gasteiger partial charge >= 0.3 is 0 Å². The molecule has 0 saturated carbocycles. The Hall–Kier alpha value is -1.24. The van der Waals surface area contributed by atoms with E-state index in [0.29, 0.717) is 6.42 Å². The van der Waals surface area contributed by atoms with Crippen LogP contribution >= 0.6 is 0 Å². The summed E-state index contributed by atoms with van der Waals surface area (Å²) < 4.78 is 5.14. The molecule has 6 heteroatoms. The SMILES string of the molecule is CCCC(C)(C)OOC(CCN1C(=O)C=CC1=O)OC. The highest BCUT2D eigenvalue weighted by Gasteiger charge is 2.26. The van der Waals surface area contributed by atoms with E-state index in [9.17, 15) is 9.59 Å². The molecule has 0 aromatic rings. The first-order valence-corrected chi connectivity index (χ1v) is 6.80. The molecule has 1 heterocycles. The van der Waals surface area contributed by atoms with Crippen molar-refractivity contribution in [3.63, 3.8) is 0 Å². The van der Waals surface area contributed by atoms with Gasteiger partial charge < -0.3 is 4.74 Å². The molecule has 0 aliphatic carbocycles. The van der Waals surface area contributed by atoms with E-state index in [2.05, 4.69) is 6.92 Å². The normalized spacial score (nSPS) is 17.1. The number of rotatable bonds is 9. The van der Waals surface area contributed by atoms with Gasteiger partial charge in [-0.05, 0) is 20.3 Å². The summed E-state index contributed by atoms with van der Waals surface area (Å²) in [6.07, 6.45) is 4.09. The second kappa shape index (κ2) is 7.52. The first-order valence-electron chi connectivity index (χ1n) is 6.80. The van der Waals surface area contributed by atoms with Crippen molar-refractivity contribution in [1.82, 2.24) is 4.90 Å². The van der Waals surface area contributed by atoms with Crippen molar-refractivity contribution in [2.24, 2.45) is 0 Å². The second-order valence-corrected chi connectivity index (χ2v) is 5.30. The highest BCUT2D eigenvalue weighted by molar-refractivity contribution is 6.12. The van der Waals surface area contributed by atoms with E-state index in [0.717, 1.165) is 17.7 Å². The molecule has 0 bridgehead atoms. The fourth-order valence-corrected chi connectivity index (χ4v) is 1.92. The molecule has 0 spiro atoms. The van der Waals surface area contributed by atoms with Gasteiger partial charge in [0, 0.05) is 32.2 Å². The monoisotopic (exact) mass is 285 g/mol. The molecule has 6 nitrogen and oxygen atoms in total. The van der Waals surface area contributed by atoms with Gasteiger partial charge in [0.2, 0.25) is 0 Å². The maximum atomic E-state index is 11.4. The van der Waals surface area contributed by atoms with Gasteiger partial charge in [0.15, 0.2) is 6.29 Å². The molecule has 1 atom stereocenters. The van der Waals surface area contributed by atoms with Crippen LogP contribution in [0.5, 0.6) is 0 Å². The average molecular weight is 285 g/mol. The van der Waals surface area contributed by atoms with Gasteiger partial charge in [0.1, 0.15) is 0 Å². The maximum absolute atomic E-state index is 11.4. The number of nitrogens with zero attached hydrogens (tertiary/aromatic N) is 1. The number of imide groups is 1. The van der Waals surface area contributed by atoms with Crippen LogP contribution in [-0.2, 0) is 24.1 Å². The Labute approximate surface area is 119 Å². The lowest BCUT2D eigenvalue weighted by Crippen LogP contribution is -2.35. The van der Waals surface area contributed by atoms with Gasteiger partial charge in [-0.1, -0.05) is 13.3 Å². The summed E-state index contributed by atoms with van der Waals surface area (Å²) in [5, 5.41) is 0. The first-order chi connectivity index (χ1) is 9.39. The predicted molar refractivity (Wildman–Crippen MR) is 72.4 cm³/mol. The van der Waals surface area contributed by atoms with Crippen molar-refractivity contribution < 1.29 is 24.1 Å². The zero-order valence-electron chi connectivity index (χ0n) is 12.5. The van der Waals surface area contributed by atoms with Gasteiger partial charge in [-0.25, -0.2) is 9.78 Å². The lowest BCUT2D eigenvalue weighted by Gasteiger charge is -2.26. The van der Waals surface area contributed by atoms with Crippen LogP contribution in [0.1, 0.15) is 40.0 Å². The lowest BCUT2D eigenvalue weighted by molar-refractivity contribution is -0.417. The van der Waals surface area contributed by atoms with E-state index < -0.39 is 11.9 Å². The zero-order valence-corrected chi connectivity index (χ0v) is 12.5. The van der Waals surface area contributed by atoms with Gasteiger partial charge in [0.05, 0.1) is 5.60 Å². The highest BCUT2D eigenvalue weighted by Crippen LogP contribution is 2.18. The van der Waals surface area contributed by atoms with Crippen LogP contribution < -0.4 is 0 Å². The van der Waals surface area contributed by atoms with Gasteiger partial charge in [0.25, 0.3) is 11.8 Å². The Morgan fingerprint density at radius 3 is 2.35 bits per heavy atom. The van der Waals surface area contributed by atoms with Crippen LogP contribution in [0.4, 0.5) is 0 Å². The number of methoxy groups -OCH3 is 1. The zero-order chi connectivity index (χ0) is 15.2. The van der Waals surface area contributed by atoms with Gasteiger partial charge in [-0.2, -0.15) is 0 Å². The lowest BCUT2D eigenvalue weighted by atomic mass is 10.0. The quantitative estimate of drug-likeness (QED) is 0.280. The summed E-state index contributed by atoms with van der Waals surface area (Å²) in [5.74, 6) is -0.617. The fourth-order valence-electron chi connectivity index (χ4n) is 1.92.